The van der Waals surface area contributed by atoms with Crippen molar-refractivity contribution in [3.05, 3.63) is 59.7 Å². The van der Waals surface area contributed by atoms with Crippen LogP contribution < -0.4 is 15.5 Å². The first-order chi connectivity index (χ1) is 15.2. The number of halogens is 1. The molecule has 31 heavy (non-hydrogen) atoms. The smallest absolute Gasteiger partial charge is 0.191 e. The second-order valence-corrected chi connectivity index (χ2v) is 7.95. The fourth-order valence-electron chi connectivity index (χ4n) is 4.05. The number of H-pyrrole nitrogens is 1. The van der Waals surface area contributed by atoms with Gasteiger partial charge >= 0.3 is 0 Å². The van der Waals surface area contributed by atoms with Gasteiger partial charge in [-0.05, 0) is 74.1 Å². The fourth-order valence-corrected chi connectivity index (χ4v) is 4.05. The van der Waals surface area contributed by atoms with Crippen LogP contribution in [0.5, 0.6) is 0 Å². The van der Waals surface area contributed by atoms with Crippen LogP contribution in [0.4, 0.5) is 10.2 Å². The SMILES string of the molecule is CCNC(=NCc1ccnc(N2CCCCC2)c1)NCCc1c[nH]c2cc(F)ccc12. The number of anilines is 1. The van der Waals surface area contributed by atoms with Crippen LogP contribution >= 0.6 is 0 Å². The van der Waals surface area contributed by atoms with E-state index in [1.807, 2.05) is 24.5 Å². The Labute approximate surface area is 183 Å². The van der Waals surface area contributed by atoms with Crippen molar-refractivity contribution in [2.45, 2.75) is 39.2 Å². The molecule has 3 aromatic rings. The number of aliphatic imine (C=N–C) groups is 1. The Bertz CT molecular complexity index is 1020. The van der Waals surface area contributed by atoms with Gasteiger partial charge in [0.05, 0.1) is 6.54 Å². The molecule has 0 saturated carbocycles. The minimum Gasteiger partial charge on any atom is -0.361 e. The molecule has 4 rings (SSSR count). The van der Waals surface area contributed by atoms with Crippen molar-refractivity contribution in [3.8, 4) is 0 Å². The summed E-state index contributed by atoms with van der Waals surface area (Å²) in [4.78, 5) is 14.8. The predicted molar refractivity (Wildman–Crippen MR) is 125 cm³/mol. The molecule has 0 bridgehead atoms. The lowest BCUT2D eigenvalue weighted by Gasteiger charge is -2.27. The zero-order valence-corrected chi connectivity index (χ0v) is 18.1. The minimum absolute atomic E-state index is 0.222. The number of nitrogens with zero attached hydrogens (tertiary/aromatic N) is 3. The number of hydrogen-bond acceptors (Lipinski definition) is 3. The van der Waals surface area contributed by atoms with Crippen molar-refractivity contribution in [1.82, 2.24) is 20.6 Å². The summed E-state index contributed by atoms with van der Waals surface area (Å²) >= 11 is 0. The van der Waals surface area contributed by atoms with Gasteiger partial charge in [0.15, 0.2) is 5.96 Å². The molecule has 0 spiro atoms. The van der Waals surface area contributed by atoms with E-state index in [0.717, 1.165) is 60.8 Å². The Morgan fingerprint density at radius 3 is 2.87 bits per heavy atom. The van der Waals surface area contributed by atoms with Gasteiger partial charge in [0.1, 0.15) is 11.6 Å². The van der Waals surface area contributed by atoms with Crippen molar-refractivity contribution < 1.29 is 4.39 Å². The molecule has 0 unspecified atom stereocenters. The molecule has 164 valence electrons. The molecule has 1 aliphatic heterocycles. The maximum Gasteiger partial charge on any atom is 0.191 e. The Hall–Kier alpha value is -3.09. The van der Waals surface area contributed by atoms with Crippen molar-refractivity contribution >= 4 is 22.7 Å². The van der Waals surface area contributed by atoms with E-state index in [9.17, 15) is 4.39 Å². The third-order valence-electron chi connectivity index (χ3n) is 5.67. The second kappa shape index (κ2) is 10.3. The third-order valence-corrected chi connectivity index (χ3v) is 5.67. The van der Waals surface area contributed by atoms with Crippen molar-refractivity contribution in [3.63, 3.8) is 0 Å². The summed E-state index contributed by atoms with van der Waals surface area (Å²) in [5.41, 5.74) is 3.16. The highest BCUT2D eigenvalue weighted by Gasteiger charge is 2.12. The molecule has 1 saturated heterocycles. The summed E-state index contributed by atoms with van der Waals surface area (Å²) in [6.45, 7) is 6.38. The van der Waals surface area contributed by atoms with Gasteiger partial charge < -0.3 is 20.5 Å². The minimum atomic E-state index is -0.222. The second-order valence-electron chi connectivity index (χ2n) is 7.95. The molecule has 1 aliphatic rings. The van der Waals surface area contributed by atoms with E-state index in [4.69, 9.17) is 4.99 Å². The standard InChI is InChI=1S/C24H31FN6/c1-2-26-24(28-11-9-19-17-29-22-15-20(25)6-7-21(19)22)30-16-18-8-10-27-23(14-18)31-12-4-3-5-13-31/h6-8,10,14-15,17,29H,2-5,9,11-13,16H2,1H3,(H2,26,28,30). The van der Waals surface area contributed by atoms with Gasteiger partial charge in [0.2, 0.25) is 0 Å². The van der Waals surface area contributed by atoms with E-state index in [1.165, 1.54) is 37.0 Å². The fraction of sp³-hybridized carbons (Fsp3) is 0.417. The van der Waals surface area contributed by atoms with Crippen LogP contribution in [0.15, 0.2) is 47.7 Å². The number of fused-ring (bicyclic) bond motifs is 1. The Morgan fingerprint density at radius 2 is 2.03 bits per heavy atom. The lowest BCUT2D eigenvalue weighted by Crippen LogP contribution is -2.38. The Balaban J connectivity index is 1.35. The van der Waals surface area contributed by atoms with Gasteiger partial charge in [-0.25, -0.2) is 14.4 Å². The summed E-state index contributed by atoms with van der Waals surface area (Å²) in [5.74, 6) is 1.63. The number of nitrogens with one attached hydrogen (secondary N) is 3. The number of benzene rings is 1. The Morgan fingerprint density at radius 1 is 1.16 bits per heavy atom. The molecular weight excluding hydrogens is 391 g/mol. The first-order valence-electron chi connectivity index (χ1n) is 11.2. The molecule has 0 atom stereocenters. The largest absolute Gasteiger partial charge is 0.361 e. The molecule has 0 aliphatic carbocycles. The topological polar surface area (TPSA) is 68.3 Å². The van der Waals surface area contributed by atoms with Crippen LogP contribution in [-0.2, 0) is 13.0 Å². The highest BCUT2D eigenvalue weighted by atomic mass is 19.1. The molecule has 7 heteroatoms. The average Bonchev–Trinajstić information content (AvgIpc) is 3.20. The molecule has 0 radical (unpaired) electrons. The third kappa shape index (κ3) is 5.54. The van der Waals surface area contributed by atoms with E-state index in [1.54, 1.807) is 0 Å². The summed E-state index contributed by atoms with van der Waals surface area (Å²) < 4.78 is 13.4. The molecule has 2 aromatic heterocycles. The molecule has 1 fully saturated rings. The number of piperidine rings is 1. The zero-order chi connectivity index (χ0) is 21.5. The van der Waals surface area contributed by atoms with E-state index in [2.05, 4.69) is 38.5 Å². The number of aromatic amines is 1. The van der Waals surface area contributed by atoms with Crippen molar-refractivity contribution in [1.29, 1.82) is 0 Å². The zero-order valence-electron chi connectivity index (χ0n) is 18.1. The van der Waals surface area contributed by atoms with Crippen LogP contribution in [0.3, 0.4) is 0 Å². The van der Waals surface area contributed by atoms with Crippen LogP contribution in [0, 0.1) is 5.82 Å². The van der Waals surface area contributed by atoms with Crippen molar-refractivity contribution in [2.75, 3.05) is 31.1 Å². The van der Waals surface area contributed by atoms with Gasteiger partial charge in [-0.15, -0.1) is 0 Å². The van der Waals surface area contributed by atoms with E-state index in [0.29, 0.717) is 6.54 Å². The molecule has 0 amide bonds. The van der Waals surface area contributed by atoms with Gasteiger partial charge in [-0.3, -0.25) is 0 Å². The number of rotatable bonds is 7. The molecule has 6 nitrogen and oxygen atoms in total. The van der Waals surface area contributed by atoms with Crippen LogP contribution in [0.1, 0.15) is 37.3 Å². The van der Waals surface area contributed by atoms with Gasteiger partial charge in [-0.2, -0.15) is 0 Å². The van der Waals surface area contributed by atoms with Gasteiger partial charge in [0.25, 0.3) is 0 Å². The van der Waals surface area contributed by atoms with Crippen LogP contribution in [-0.4, -0.2) is 42.1 Å². The lowest BCUT2D eigenvalue weighted by atomic mass is 10.1. The van der Waals surface area contributed by atoms with Crippen molar-refractivity contribution in [2.24, 2.45) is 4.99 Å². The predicted octanol–water partition coefficient (Wildman–Crippen LogP) is 3.99. The maximum absolute atomic E-state index is 13.4. The number of aromatic nitrogens is 2. The van der Waals surface area contributed by atoms with E-state index >= 15 is 0 Å². The maximum atomic E-state index is 13.4. The first-order valence-corrected chi connectivity index (χ1v) is 11.2. The highest BCUT2D eigenvalue weighted by Crippen LogP contribution is 2.20. The van der Waals surface area contributed by atoms with Gasteiger partial charge in [-0.1, -0.05) is 0 Å². The monoisotopic (exact) mass is 422 g/mol. The lowest BCUT2D eigenvalue weighted by molar-refractivity contribution is 0.573. The highest BCUT2D eigenvalue weighted by molar-refractivity contribution is 5.83. The van der Waals surface area contributed by atoms with E-state index in [-0.39, 0.29) is 5.82 Å². The first kappa shape index (κ1) is 21.2. The summed E-state index contributed by atoms with van der Waals surface area (Å²) in [7, 11) is 0. The molecule has 3 heterocycles. The summed E-state index contributed by atoms with van der Waals surface area (Å²) in [5, 5.41) is 7.78. The number of guanidine groups is 1. The summed E-state index contributed by atoms with van der Waals surface area (Å²) in [6.07, 6.45) is 8.45. The molecular formula is C24H31FN6. The van der Waals surface area contributed by atoms with Gasteiger partial charge in [0, 0.05) is 49.5 Å². The quantitative estimate of drug-likeness (QED) is 0.398. The van der Waals surface area contributed by atoms with E-state index < -0.39 is 0 Å². The van der Waals surface area contributed by atoms with Crippen LogP contribution in [0.25, 0.3) is 10.9 Å². The molecule has 1 aromatic carbocycles. The number of pyridine rings is 1. The number of hydrogen-bond donors (Lipinski definition) is 3. The normalized spacial score (nSPS) is 14.8. The summed E-state index contributed by atoms with van der Waals surface area (Å²) in [6, 6.07) is 9.06. The average molecular weight is 423 g/mol. The molecule has 3 N–H and O–H groups in total. The van der Waals surface area contributed by atoms with Crippen LogP contribution in [0.2, 0.25) is 0 Å². The Kier molecular flexibility index (Phi) is 7.02.